The molecule has 18 heavy (non-hydrogen) atoms. The van der Waals surface area contributed by atoms with E-state index in [1.165, 1.54) is 57.8 Å². The minimum Gasteiger partial charge on any atom is -0.0807 e. The average molecular weight is 240 g/mol. The van der Waals surface area contributed by atoms with Crippen LogP contribution in [0, 0.1) is 17.8 Å². The quantitative estimate of drug-likeness (QED) is 0.547. The number of rotatable bonds is 0. The molecule has 4 rings (SSSR count). The molecule has 2 fully saturated rings. The van der Waals surface area contributed by atoms with E-state index in [0.29, 0.717) is 0 Å². The van der Waals surface area contributed by atoms with Crippen LogP contribution in [0.5, 0.6) is 0 Å². The molecule has 2 saturated carbocycles. The summed E-state index contributed by atoms with van der Waals surface area (Å²) in [7, 11) is 0. The van der Waals surface area contributed by atoms with Gasteiger partial charge in [0.1, 0.15) is 0 Å². The largest absolute Gasteiger partial charge is 0.0807 e. The molecular formula is C18H24. The summed E-state index contributed by atoms with van der Waals surface area (Å²) in [5.41, 5.74) is 5.30. The van der Waals surface area contributed by atoms with Crippen molar-refractivity contribution in [1.29, 1.82) is 0 Å². The minimum atomic E-state index is 0.894. The van der Waals surface area contributed by atoms with Crippen molar-refractivity contribution in [1.82, 2.24) is 0 Å². The summed E-state index contributed by atoms with van der Waals surface area (Å²) in [5.74, 6) is 2.73. The van der Waals surface area contributed by atoms with Crippen LogP contribution >= 0.6 is 0 Å². The molecular weight excluding hydrogens is 216 g/mol. The maximum absolute atomic E-state index is 2.58. The monoisotopic (exact) mass is 240 g/mol. The van der Waals surface area contributed by atoms with E-state index >= 15 is 0 Å². The Balaban J connectivity index is 1.72. The van der Waals surface area contributed by atoms with Crippen molar-refractivity contribution in [3.05, 3.63) is 34.9 Å². The van der Waals surface area contributed by atoms with Crippen molar-refractivity contribution in [3.63, 3.8) is 0 Å². The van der Waals surface area contributed by atoms with Gasteiger partial charge in [-0.2, -0.15) is 0 Å². The lowest BCUT2D eigenvalue weighted by atomic mass is 9.61. The smallest absolute Gasteiger partial charge is 0.00933 e. The van der Waals surface area contributed by atoms with Gasteiger partial charge in [-0.3, -0.25) is 0 Å². The van der Waals surface area contributed by atoms with Crippen LogP contribution in [0.15, 0.2) is 34.9 Å². The topological polar surface area (TPSA) is 0 Å². The molecule has 0 aromatic rings. The third-order valence-corrected chi connectivity index (χ3v) is 5.79. The molecule has 0 aliphatic heterocycles. The number of allylic oxidation sites excluding steroid dienone is 6. The van der Waals surface area contributed by atoms with Crippen molar-refractivity contribution in [2.24, 2.45) is 17.8 Å². The van der Waals surface area contributed by atoms with Crippen LogP contribution in [-0.2, 0) is 0 Å². The predicted molar refractivity (Wildman–Crippen MR) is 76.3 cm³/mol. The van der Waals surface area contributed by atoms with Crippen LogP contribution in [0.25, 0.3) is 0 Å². The average Bonchev–Trinajstić information content (AvgIpc) is 2.46. The molecule has 3 unspecified atom stereocenters. The molecule has 0 aromatic heterocycles. The van der Waals surface area contributed by atoms with E-state index < -0.39 is 0 Å². The van der Waals surface area contributed by atoms with Gasteiger partial charge in [0.15, 0.2) is 0 Å². The van der Waals surface area contributed by atoms with Gasteiger partial charge in [0, 0.05) is 0 Å². The second-order valence-corrected chi connectivity index (χ2v) is 6.69. The fourth-order valence-corrected chi connectivity index (χ4v) is 4.91. The van der Waals surface area contributed by atoms with Crippen LogP contribution in [0.4, 0.5) is 0 Å². The predicted octanol–water partition coefficient (Wildman–Crippen LogP) is 5.18. The number of hydrogen-bond donors (Lipinski definition) is 0. The molecule has 0 heterocycles. The summed E-state index contributed by atoms with van der Waals surface area (Å²) in [6.45, 7) is 0. The van der Waals surface area contributed by atoms with Crippen molar-refractivity contribution in [2.45, 2.75) is 57.8 Å². The van der Waals surface area contributed by atoms with Gasteiger partial charge in [-0.25, -0.2) is 0 Å². The number of fused-ring (bicyclic) bond motifs is 5. The van der Waals surface area contributed by atoms with Crippen LogP contribution in [0.3, 0.4) is 0 Å². The van der Waals surface area contributed by atoms with Gasteiger partial charge in [-0.05, 0) is 80.3 Å². The molecule has 0 nitrogen and oxygen atoms in total. The van der Waals surface area contributed by atoms with E-state index in [1.807, 2.05) is 0 Å². The molecule has 0 heteroatoms. The first-order valence-electron chi connectivity index (χ1n) is 8.04. The summed E-state index contributed by atoms with van der Waals surface area (Å²) < 4.78 is 0. The van der Waals surface area contributed by atoms with Crippen LogP contribution in [0.1, 0.15) is 57.8 Å². The second-order valence-electron chi connectivity index (χ2n) is 6.69. The Bertz CT molecular complexity index is 435. The highest BCUT2D eigenvalue weighted by Crippen LogP contribution is 2.51. The van der Waals surface area contributed by atoms with E-state index in [-0.39, 0.29) is 0 Å². The first-order chi connectivity index (χ1) is 8.93. The summed E-state index contributed by atoms with van der Waals surface area (Å²) in [4.78, 5) is 0. The first kappa shape index (κ1) is 11.1. The van der Waals surface area contributed by atoms with Crippen molar-refractivity contribution in [2.75, 3.05) is 0 Å². The third-order valence-electron chi connectivity index (χ3n) is 5.79. The van der Waals surface area contributed by atoms with Gasteiger partial charge in [-0.15, -0.1) is 0 Å². The van der Waals surface area contributed by atoms with Crippen LogP contribution in [-0.4, -0.2) is 0 Å². The molecule has 0 bridgehead atoms. The fourth-order valence-electron chi connectivity index (χ4n) is 4.91. The number of hydrogen-bond acceptors (Lipinski definition) is 0. The summed E-state index contributed by atoms with van der Waals surface area (Å²) >= 11 is 0. The van der Waals surface area contributed by atoms with Crippen molar-refractivity contribution < 1.29 is 0 Å². The van der Waals surface area contributed by atoms with Crippen molar-refractivity contribution in [3.8, 4) is 0 Å². The van der Waals surface area contributed by atoms with Gasteiger partial charge in [0.25, 0.3) is 0 Å². The highest BCUT2D eigenvalue weighted by Gasteiger charge is 2.38. The van der Waals surface area contributed by atoms with Gasteiger partial charge in [0.2, 0.25) is 0 Å². The Kier molecular flexibility index (Phi) is 2.71. The first-order valence-corrected chi connectivity index (χ1v) is 8.04. The standard InChI is InChI=1S/C18H24/c1-3-7-15-13(5-1)9-11-18-16-8-4-2-6-14(16)10-12-17(15)18/h7,10,12-13,16,18H,1-6,8-9,11H2. The van der Waals surface area contributed by atoms with Crippen LogP contribution in [0.2, 0.25) is 0 Å². The van der Waals surface area contributed by atoms with Crippen LogP contribution < -0.4 is 0 Å². The Hall–Kier alpha value is -0.780. The molecule has 96 valence electrons. The summed E-state index contributed by atoms with van der Waals surface area (Å²) in [6, 6.07) is 0. The molecule has 4 aliphatic carbocycles. The zero-order chi connectivity index (χ0) is 11.9. The fraction of sp³-hybridized carbons (Fsp3) is 0.667. The third kappa shape index (κ3) is 1.65. The molecule has 3 atom stereocenters. The summed E-state index contributed by atoms with van der Waals surface area (Å²) in [5, 5.41) is 0. The molecule has 0 aromatic carbocycles. The molecule has 0 spiro atoms. The zero-order valence-corrected chi connectivity index (χ0v) is 11.3. The van der Waals surface area contributed by atoms with Gasteiger partial charge in [-0.1, -0.05) is 30.2 Å². The highest BCUT2D eigenvalue weighted by atomic mass is 14.4. The minimum absolute atomic E-state index is 0.894. The SMILES string of the molecule is C1=C2C3=CC=C4CCCCC4C3CCC2CCC1. The van der Waals surface area contributed by atoms with E-state index in [1.54, 1.807) is 16.7 Å². The van der Waals surface area contributed by atoms with Gasteiger partial charge >= 0.3 is 0 Å². The molecule has 0 saturated heterocycles. The van der Waals surface area contributed by atoms with Gasteiger partial charge in [0.05, 0.1) is 0 Å². The molecule has 0 amide bonds. The maximum Gasteiger partial charge on any atom is -0.00933 e. The van der Waals surface area contributed by atoms with Gasteiger partial charge < -0.3 is 0 Å². The lowest BCUT2D eigenvalue weighted by molar-refractivity contribution is 0.281. The lowest BCUT2D eigenvalue weighted by Crippen LogP contribution is -2.31. The lowest BCUT2D eigenvalue weighted by Gasteiger charge is -2.44. The Morgan fingerprint density at radius 2 is 1.78 bits per heavy atom. The maximum atomic E-state index is 2.58. The van der Waals surface area contributed by atoms with E-state index in [9.17, 15) is 0 Å². The molecule has 4 aliphatic rings. The normalized spacial score (nSPS) is 38.7. The van der Waals surface area contributed by atoms with Crippen molar-refractivity contribution >= 4 is 0 Å². The van der Waals surface area contributed by atoms with E-state index in [0.717, 1.165) is 17.8 Å². The van der Waals surface area contributed by atoms with E-state index in [4.69, 9.17) is 0 Å². The zero-order valence-electron chi connectivity index (χ0n) is 11.3. The Morgan fingerprint density at radius 1 is 0.778 bits per heavy atom. The Labute approximate surface area is 111 Å². The van der Waals surface area contributed by atoms with E-state index in [2.05, 4.69) is 18.2 Å². The Morgan fingerprint density at radius 3 is 2.78 bits per heavy atom. The molecule has 0 N–H and O–H groups in total. The summed E-state index contributed by atoms with van der Waals surface area (Å²) in [6.07, 6.45) is 20.5. The second kappa shape index (κ2) is 4.40. The highest BCUT2D eigenvalue weighted by molar-refractivity contribution is 5.45. The molecule has 0 radical (unpaired) electrons.